The zero-order chi connectivity index (χ0) is 22.7. The van der Waals surface area contributed by atoms with Gasteiger partial charge >= 0.3 is 0 Å². The van der Waals surface area contributed by atoms with Crippen molar-refractivity contribution in [3.05, 3.63) is 58.9 Å². The number of hydrogen-bond acceptors (Lipinski definition) is 5. The fourth-order valence-electron chi connectivity index (χ4n) is 2.58. The standard InChI is InChI=1S/C21H26N4O3.C2H6/c1-21(2,3)19-17(23-13-24-19)11-18(22-4)20(27)25-15(12-26)10-14-6-8-16(28-5)9-7-14;1-2/h6-13,22H,1-5H3,(H,23,24)(H,25,27);1-2H3/b15-10-,18-11-;. The zero-order valence-electron chi connectivity index (χ0n) is 18.8. The lowest BCUT2D eigenvalue weighted by Gasteiger charge is -2.17. The van der Waals surface area contributed by atoms with Crippen LogP contribution in [0.2, 0.25) is 0 Å². The van der Waals surface area contributed by atoms with E-state index in [-0.39, 0.29) is 11.1 Å². The number of ether oxygens (including phenoxy) is 1. The number of aromatic amines is 1. The van der Waals surface area contributed by atoms with Crippen LogP contribution in [0.5, 0.6) is 5.75 Å². The molecule has 7 nitrogen and oxygen atoms in total. The third-order valence-corrected chi connectivity index (χ3v) is 4.04. The summed E-state index contributed by atoms with van der Waals surface area (Å²) in [5.74, 6) is 0.278. The number of rotatable bonds is 7. The number of amides is 1. The molecule has 0 fully saturated rings. The number of nitrogens with zero attached hydrogens (tertiary/aromatic N) is 1. The molecule has 2 rings (SSSR count). The van der Waals surface area contributed by atoms with Gasteiger partial charge in [-0.25, -0.2) is 4.98 Å². The molecule has 0 bridgehead atoms. The smallest absolute Gasteiger partial charge is 0.271 e. The molecule has 1 aromatic heterocycles. The van der Waals surface area contributed by atoms with Gasteiger partial charge in [0, 0.05) is 18.2 Å². The molecule has 1 aromatic carbocycles. The predicted molar refractivity (Wildman–Crippen MR) is 121 cm³/mol. The third-order valence-electron chi connectivity index (χ3n) is 4.04. The van der Waals surface area contributed by atoms with E-state index < -0.39 is 5.91 Å². The second-order valence-electron chi connectivity index (χ2n) is 7.17. The van der Waals surface area contributed by atoms with Gasteiger partial charge in [-0.2, -0.15) is 0 Å². The summed E-state index contributed by atoms with van der Waals surface area (Å²) in [6.07, 6.45) is 5.44. The Bertz CT molecular complexity index is 888. The fraction of sp³-hybridized carbons (Fsp3) is 0.348. The highest BCUT2D eigenvalue weighted by molar-refractivity contribution is 6.01. The van der Waals surface area contributed by atoms with Crippen molar-refractivity contribution >= 4 is 24.3 Å². The van der Waals surface area contributed by atoms with Gasteiger partial charge in [0.15, 0.2) is 6.29 Å². The monoisotopic (exact) mass is 412 g/mol. The molecule has 0 aliphatic heterocycles. The lowest BCUT2D eigenvalue weighted by Crippen LogP contribution is -2.30. The van der Waals surface area contributed by atoms with Crippen molar-refractivity contribution in [2.75, 3.05) is 14.2 Å². The number of aromatic nitrogens is 2. The number of H-pyrrole nitrogens is 1. The average Bonchev–Trinajstić information content (AvgIpc) is 3.22. The molecule has 0 saturated heterocycles. The second-order valence-corrected chi connectivity index (χ2v) is 7.17. The van der Waals surface area contributed by atoms with E-state index in [0.29, 0.717) is 23.4 Å². The molecular formula is C23H32N4O3. The maximum Gasteiger partial charge on any atom is 0.271 e. The van der Waals surface area contributed by atoms with E-state index >= 15 is 0 Å². The van der Waals surface area contributed by atoms with Crippen LogP contribution in [0.3, 0.4) is 0 Å². The van der Waals surface area contributed by atoms with Crippen molar-refractivity contribution in [3.63, 3.8) is 0 Å². The molecule has 1 heterocycles. The number of nitrogens with one attached hydrogen (secondary N) is 3. The summed E-state index contributed by atoms with van der Waals surface area (Å²) in [6, 6.07) is 7.15. The maximum absolute atomic E-state index is 12.6. The second kappa shape index (κ2) is 11.6. The number of allylic oxidation sites excluding steroid dienone is 1. The summed E-state index contributed by atoms with van der Waals surface area (Å²) >= 11 is 0. The van der Waals surface area contributed by atoms with E-state index in [1.165, 1.54) is 0 Å². The van der Waals surface area contributed by atoms with Crippen molar-refractivity contribution in [3.8, 4) is 5.75 Å². The maximum atomic E-state index is 12.6. The first-order valence-electron chi connectivity index (χ1n) is 9.84. The largest absolute Gasteiger partial charge is 0.497 e. The van der Waals surface area contributed by atoms with E-state index in [1.807, 2.05) is 13.8 Å². The zero-order valence-corrected chi connectivity index (χ0v) is 18.8. The lowest BCUT2D eigenvalue weighted by molar-refractivity contribution is -0.118. The third kappa shape index (κ3) is 6.92. The van der Waals surface area contributed by atoms with Crippen molar-refractivity contribution in [1.82, 2.24) is 20.6 Å². The topological polar surface area (TPSA) is 96.1 Å². The van der Waals surface area contributed by atoms with E-state index in [9.17, 15) is 9.59 Å². The number of carbonyl (C=O) groups is 2. The lowest BCUT2D eigenvalue weighted by atomic mass is 9.90. The quantitative estimate of drug-likeness (QED) is 0.476. The number of methoxy groups -OCH3 is 1. The molecule has 0 aliphatic rings. The van der Waals surface area contributed by atoms with Gasteiger partial charge in [-0.15, -0.1) is 0 Å². The molecule has 162 valence electrons. The van der Waals surface area contributed by atoms with Crippen molar-refractivity contribution in [2.24, 2.45) is 0 Å². The minimum Gasteiger partial charge on any atom is -0.497 e. The van der Waals surface area contributed by atoms with Gasteiger partial charge in [-0.3, -0.25) is 9.59 Å². The molecule has 0 saturated carbocycles. The molecule has 3 N–H and O–H groups in total. The number of carbonyl (C=O) groups excluding carboxylic acids is 2. The van der Waals surface area contributed by atoms with Crippen LogP contribution in [-0.2, 0) is 15.0 Å². The van der Waals surface area contributed by atoms with Crippen molar-refractivity contribution < 1.29 is 14.3 Å². The van der Waals surface area contributed by atoms with Gasteiger partial charge in [0.25, 0.3) is 5.91 Å². The number of likely N-dealkylation sites (N-methyl/N-ethyl adjacent to an activating group) is 1. The van der Waals surface area contributed by atoms with Crippen LogP contribution >= 0.6 is 0 Å². The molecule has 30 heavy (non-hydrogen) atoms. The van der Waals surface area contributed by atoms with Crippen LogP contribution in [0.25, 0.3) is 12.2 Å². The molecule has 0 radical (unpaired) electrons. The molecule has 1 amide bonds. The Kier molecular flexibility index (Phi) is 9.55. The van der Waals surface area contributed by atoms with E-state index in [0.717, 1.165) is 11.3 Å². The summed E-state index contributed by atoms with van der Waals surface area (Å²) < 4.78 is 5.11. The molecule has 7 heteroatoms. The number of benzene rings is 1. The van der Waals surface area contributed by atoms with Gasteiger partial charge in [0.1, 0.15) is 11.4 Å². The summed E-state index contributed by atoms with van der Waals surface area (Å²) in [4.78, 5) is 31.4. The Labute approximate surface area is 178 Å². The molecule has 0 aliphatic carbocycles. The van der Waals surface area contributed by atoms with Gasteiger partial charge in [-0.05, 0) is 29.8 Å². The molecule has 2 aromatic rings. The minimum absolute atomic E-state index is 0.148. The van der Waals surface area contributed by atoms with Crippen molar-refractivity contribution in [1.29, 1.82) is 0 Å². The SMILES string of the molecule is CC.CN/C(=C\c1nc[nH]c1C(C)(C)C)C(=O)N/C(C=O)=C\c1ccc(OC)cc1. The Morgan fingerprint density at radius 2 is 1.77 bits per heavy atom. The minimum atomic E-state index is -0.433. The van der Waals surface area contributed by atoms with E-state index in [1.54, 1.807) is 56.9 Å². The Balaban J connectivity index is 0.00000218. The summed E-state index contributed by atoms with van der Waals surface area (Å²) in [6.45, 7) is 10.2. The summed E-state index contributed by atoms with van der Waals surface area (Å²) in [7, 11) is 3.22. The van der Waals surface area contributed by atoms with Crippen LogP contribution in [0, 0.1) is 0 Å². The van der Waals surface area contributed by atoms with Crippen molar-refractivity contribution in [2.45, 2.75) is 40.0 Å². The van der Waals surface area contributed by atoms with Crippen LogP contribution < -0.4 is 15.4 Å². The molecular weight excluding hydrogens is 380 g/mol. The van der Waals surface area contributed by atoms with Gasteiger partial charge in [-0.1, -0.05) is 46.8 Å². The predicted octanol–water partition coefficient (Wildman–Crippen LogP) is 3.66. The molecule has 0 spiro atoms. The summed E-state index contributed by atoms with van der Waals surface area (Å²) in [5, 5.41) is 5.48. The van der Waals surface area contributed by atoms with Gasteiger partial charge < -0.3 is 20.4 Å². The first-order valence-corrected chi connectivity index (χ1v) is 9.84. The Hall–Kier alpha value is -3.35. The van der Waals surface area contributed by atoms with Crippen LogP contribution in [-0.4, -0.2) is 36.3 Å². The fourth-order valence-corrected chi connectivity index (χ4v) is 2.58. The first kappa shape index (κ1) is 24.7. The van der Waals surface area contributed by atoms with E-state index in [2.05, 4.69) is 41.4 Å². The first-order chi connectivity index (χ1) is 14.3. The van der Waals surface area contributed by atoms with Gasteiger partial charge in [0.2, 0.25) is 0 Å². The number of aldehydes is 1. The Morgan fingerprint density at radius 1 is 1.13 bits per heavy atom. The number of imidazole rings is 1. The summed E-state index contributed by atoms with van der Waals surface area (Å²) in [5.41, 5.74) is 2.63. The van der Waals surface area contributed by atoms with Crippen LogP contribution in [0.4, 0.5) is 0 Å². The Morgan fingerprint density at radius 3 is 2.27 bits per heavy atom. The van der Waals surface area contributed by atoms with E-state index in [4.69, 9.17) is 4.74 Å². The van der Waals surface area contributed by atoms with Crippen LogP contribution in [0.15, 0.2) is 42.0 Å². The average molecular weight is 413 g/mol. The number of hydrogen-bond donors (Lipinski definition) is 3. The molecule has 0 atom stereocenters. The highest BCUT2D eigenvalue weighted by Gasteiger charge is 2.20. The highest BCUT2D eigenvalue weighted by atomic mass is 16.5. The normalized spacial score (nSPS) is 11.8. The van der Waals surface area contributed by atoms with Crippen LogP contribution in [0.1, 0.15) is 51.6 Å². The highest BCUT2D eigenvalue weighted by Crippen LogP contribution is 2.24. The molecule has 0 unspecified atom stereocenters. The van der Waals surface area contributed by atoms with Gasteiger partial charge in [0.05, 0.1) is 24.8 Å².